The lowest BCUT2D eigenvalue weighted by Gasteiger charge is -2.23. The SMILES string of the molecule is COc1ccc(S(=O)(=O)N(CCCN/C(=N\C#N)SC)CCNc2cc(C)nc3ccc(Cl)cc23)cc1. The third kappa shape index (κ3) is 7.72. The molecule has 0 atom stereocenters. The van der Waals surface area contributed by atoms with E-state index in [-0.39, 0.29) is 18.0 Å². The molecule has 0 unspecified atom stereocenters. The minimum Gasteiger partial charge on any atom is -0.497 e. The average molecular weight is 561 g/mol. The molecule has 1 heterocycles. The van der Waals surface area contributed by atoms with Gasteiger partial charge in [-0.2, -0.15) is 9.57 Å². The third-order valence-electron chi connectivity index (χ3n) is 5.48. The maximum Gasteiger partial charge on any atom is 0.243 e. The molecule has 2 aromatic carbocycles. The molecule has 0 aliphatic rings. The number of aromatic nitrogens is 1. The van der Waals surface area contributed by atoms with Crippen LogP contribution in [-0.2, 0) is 10.0 Å². The number of fused-ring (bicyclic) bond motifs is 1. The molecule has 9 nitrogen and oxygen atoms in total. The number of amidine groups is 1. The molecule has 0 saturated carbocycles. The van der Waals surface area contributed by atoms with Gasteiger partial charge in [0.1, 0.15) is 5.75 Å². The summed E-state index contributed by atoms with van der Waals surface area (Å²) in [6.45, 7) is 3.26. The van der Waals surface area contributed by atoms with Gasteiger partial charge in [-0.05, 0) is 68.1 Å². The Labute approximate surface area is 226 Å². The zero-order valence-corrected chi connectivity index (χ0v) is 23.3. The Morgan fingerprint density at radius 3 is 2.62 bits per heavy atom. The molecule has 12 heteroatoms. The zero-order chi connectivity index (χ0) is 26.8. The minimum absolute atomic E-state index is 0.189. The van der Waals surface area contributed by atoms with E-state index in [1.807, 2.05) is 31.4 Å². The van der Waals surface area contributed by atoms with E-state index in [1.165, 1.54) is 23.2 Å². The fraction of sp³-hybridized carbons (Fsp3) is 0.320. The number of pyridine rings is 1. The Kier molecular flexibility index (Phi) is 10.4. The van der Waals surface area contributed by atoms with Crippen molar-refractivity contribution in [1.29, 1.82) is 5.26 Å². The zero-order valence-electron chi connectivity index (χ0n) is 20.9. The first-order valence-corrected chi connectivity index (χ1v) is 14.5. The van der Waals surface area contributed by atoms with Gasteiger partial charge in [-0.25, -0.2) is 8.42 Å². The highest BCUT2D eigenvalue weighted by atomic mass is 35.5. The average Bonchev–Trinajstić information content (AvgIpc) is 2.89. The predicted octanol–water partition coefficient (Wildman–Crippen LogP) is 4.49. The van der Waals surface area contributed by atoms with Crippen LogP contribution in [-0.4, -0.2) is 62.4 Å². The number of hydrogen-bond acceptors (Lipinski definition) is 8. The fourth-order valence-corrected chi connectivity index (χ4v) is 5.72. The number of benzene rings is 2. The Hall–Kier alpha value is -3.04. The highest BCUT2D eigenvalue weighted by molar-refractivity contribution is 8.13. The van der Waals surface area contributed by atoms with Crippen LogP contribution in [0.2, 0.25) is 5.02 Å². The largest absolute Gasteiger partial charge is 0.497 e. The van der Waals surface area contributed by atoms with Gasteiger partial charge in [0.15, 0.2) is 5.17 Å². The number of nitrogens with zero attached hydrogens (tertiary/aromatic N) is 4. The van der Waals surface area contributed by atoms with Crippen LogP contribution >= 0.6 is 23.4 Å². The van der Waals surface area contributed by atoms with Gasteiger partial charge in [-0.1, -0.05) is 23.4 Å². The Morgan fingerprint density at radius 2 is 1.95 bits per heavy atom. The standard InChI is InChI=1S/C25H29ClN6O3S2/c1-18-15-24(22-16-19(26)5-10-23(22)31-18)28-12-14-32(13-4-11-29-25(36-3)30-17-27)37(33,34)21-8-6-20(35-2)7-9-21/h5-10,15-16H,4,11-14H2,1-3H3,(H,28,31)(H,29,30). The summed E-state index contributed by atoms with van der Waals surface area (Å²) in [5.74, 6) is 0.580. The topological polar surface area (TPSA) is 120 Å². The highest BCUT2D eigenvalue weighted by Gasteiger charge is 2.24. The van der Waals surface area contributed by atoms with Crippen molar-refractivity contribution < 1.29 is 13.2 Å². The van der Waals surface area contributed by atoms with Gasteiger partial charge >= 0.3 is 0 Å². The summed E-state index contributed by atoms with van der Waals surface area (Å²) in [6.07, 6.45) is 4.09. The lowest BCUT2D eigenvalue weighted by Crippen LogP contribution is -2.37. The van der Waals surface area contributed by atoms with Gasteiger partial charge in [0.2, 0.25) is 16.2 Å². The highest BCUT2D eigenvalue weighted by Crippen LogP contribution is 2.26. The van der Waals surface area contributed by atoms with Crippen LogP contribution in [0.15, 0.2) is 58.4 Å². The van der Waals surface area contributed by atoms with Crippen LogP contribution < -0.4 is 15.4 Å². The molecule has 0 aliphatic carbocycles. The smallest absolute Gasteiger partial charge is 0.243 e. The molecule has 196 valence electrons. The molecule has 0 saturated heterocycles. The molecule has 0 bridgehead atoms. The number of nitrogens with one attached hydrogen (secondary N) is 2. The van der Waals surface area contributed by atoms with Crippen molar-refractivity contribution in [2.24, 2.45) is 4.99 Å². The van der Waals surface area contributed by atoms with Gasteiger partial charge in [-0.3, -0.25) is 4.98 Å². The fourth-order valence-electron chi connectivity index (χ4n) is 3.69. The van der Waals surface area contributed by atoms with E-state index >= 15 is 0 Å². The molecule has 0 amide bonds. The van der Waals surface area contributed by atoms with Crippen LogP contribution in [0, 0.1) is 18.4 Å². The van der Waals surface area contributed by atoms with Crippen molar-refractivity contribution in [3.63, 3.8) is 0 Å². The van der Waals surface area contributed by atoms with Gasteiger partial charge in [-0.15, -0.1) is 4.99 Å². The maximum atomic E-state index is 13.5. The first-order valence-electron chi connectivity index (χ1n) is 11.5. The summed E-state index contributed by atoms with van der Waals surface area (Å²) in [6, 6.07) is 13.8. The van der Waals surface area contributed by atoms with Crippen molar-refractivity contribution in [3.05, 3.63) is 59.2 Å². The number of sulfonamides is 1. The number of rotatable bonds is 11. The molecular weight excluding hydrogens is 532 g/mol. The lowest BCUT2D eigenvalue weighted by atomic mass is 10.1. The van der Waals surface area contributed by atoms with Crippen LogP contribution in [0.3, 0.4) is 0 Å². The number of nitriles is 1. The van der Waals surface area contributed by atoms with Crippen molar-refractivity contribution >= 4 is 55.1 Å². The summed E-state index contributed by atoms with van der Waals surface area (Å²) in [4.78, 5) is 8.43. The number of halogens is 1. The molecular formula is C25H29ClN6O3S2. The maximum absolute atomic E-state index is 13.5. The Morgan fingerprint density at radius 1 is 1.19 bits per heavy atom. The van der Waals surface area contributed by atoms with Crippen molar-refractivity contribution in [2.75, 3.05) is 44.9 Å². The number of hydrogen-bond donors (Lipinski definition) is 2. The monoisotopic (exact) mass is 560 g/mol. The predicted molar refractivity (Wildman–Crippen MR) is 151 cm³/mol. The van der Waals surface area contributed by atoms with E-state index in [9.17, 15) is 8.42 Å². The van der Waals surface area contributed by atoms with Crippen LogP contribution in [0.1, 0.15) is 12.1 Å². The first kappa shape index (κ1) is 28.5. The second-order valence-electron chi connectivity index (χ2n) is 7.98. The number of ether oxygens (including phenoxy) is 1. The first-order chi connectivity index (χ1) is 17.8. The summed E-state index contributed by atoms with van der Waals surface area (Å²) >= 11 is 7.52. The number of methoxy groups -OCH3 is 1. The van der Waals surface area contributed by atoms with Gasteiger partial charge in [0.25, 0.3) is 0 Å². The second-order valence-corrected chi connectivity index (χ2v) is 11.1. The van der Waals surface area contributed by atoms with E-state index in [0.29, 0.717) is 35.5 Å². The summed E-state index contributed by atoms with van der Waals surface area (Å²) < 4.78 is 33.6. The van der Waals surface area contributed by atoms with Crippen molar-refractivity contribution in [2.45, 2.75) is 18.2 Å². The number of thioether (sulfide) groups is 1. The molecule has 0 spiro atoms. The quantitative estimate of drug-likeness (QED) is 0.152. The molecule has 0 fully saturated rings. The van der Waals surface area contributed by atoms with Crippen LogP contribution in [0.25, 0.3) is 10.9 Å². The van der Waals surface area contributed by atoms with E-state index < -0.39 is 10.0 Å². The summed E-state index contributed by atoms with van der Waals surface area (Å²) in [7, 11) is -2.23. The van der Waals surface area contributed by atoms with Crippen molar-refractivity contribution in [3.8, 4) is 11.9 Å². The minimum atomic E-state index is -3.77. The van der Waals surface area contributed by atoms with Crippen LogP contribution in [0.4, 0.5) is 5.69 Å². The molecule has 1 aromatic heterocycles. The van der Waals surface area contributed by atoms with Crippen molar-refractivity contribution in [1.82, 2.24) is 14.6 Å². The number of aliphatic imine (C=N–C) groups is 1. The molecule has 0 aliphatic heterocycles. The third-order valence-corrected chi connectivity index (χ3v) is 8.25. The second kappa shape index (κ2) is 13.5. The van der Waals surface area contributed by atoms with Gasteiger partial charge in [0.05, 0.1) is 17.5 Å². The normalized spacial score (nSPS) is 11.9. The molecule has 3 aromatic rings. The molecule has 3 rings (SSSR count). The molecule has 0 radical (unpaired) electrons. The van der Waals surface area contributed by atoms with Gasteiger partial charge in [0, 0.05) is 48.0 Å². The summed E-state index contributed by atoms with van der Waals surface area (Å²) in [5.41, 5.74) is 2.49. The Balaban J connectivity index is 1.77. The number of anilines is 1. The number of aryl methyl sites for hydroxylation is 1. The Bertz CT molecular complexity index is 1390. The van der Waals surface area contributed by atoms with E-state index in [2.05, 4.69) is 20.6 Å². The van der Waals surface area contributed by atoms with E-state index in [4.69, 9.17) is 21.6 Å². The van der Waals surface area contributed by atoms with Crippen LogP contribution in [0.5, 0.6) is 5.75 Å². The molecule has 37 heavy (non-hydrogen) atoms. The summed E-state index contributed by atoms with van der Waals surface area (Å²) in [5, 5.41) is 17.2. The van der Waals surface area contributed by atoms with Gasteiger partial charge < -0.3 is 15.4 Å². The van der Waals surface area contributed by atoms with E-state index in [0.717, 1.165) is 22.3 Å². The lowest BCUT2D eigenvalue weighted by molar-refractivity contribution is 0.411. The molecule has 2 N–H and O–H groups in total. The van der Waals surface area contributed by atoms with E-state index in [1.54, 1.807) is 36.5 Å².